The zero-order chi connectivity index (χ0) is 25.1. The van der Waals surface area contributed by atoms with Crippen LogP contribution in [-0.4, -0.2) is 54.6 Å². The highest BCUT2D eigenvalue weighted by molar-refractivity contribution is 6.30. The Morgan fingerprint density at radius 1 is 1.14 bits per heavy atom. The number of amides is 1. The minimum absolute atomic E-state index is 0.0422. The van der Waals surface area contributed by atoms with E-state index in [1.807, 2.05) is 19.9 Å². The van der Waals surface area contributed by atoms with Gasteiger partial charge in [0.15, 0.2) is 11.4 Å². The number of fused-ring (bicyclic) bond motifs is 1. The van der Waals surface area contributed by atoms with Gasteiger partial charge in [-0.1, -0.05) is 11.6 Å². The van der Waals surface area contributed by atoms with Gasteiger partial charge in [-0.3, -0.25) is 14.6 Å². The maximum absolute atomic E-state index is 13.2. The molecule has 1 aliphatic rings. The molecule has 1 atom stereocenters. The van der Waals surface area contributed by atoms with Gasteiger partial charge >= 0.3 is 0 Å². The molecular weight excluding hydrogens is 468 g/mol. The third kappa shape index (κ3) is 5.97. The zero-order valence-corrected chi connectivity index (χ0v) is 20.9. The first kappa shape index (κ1) is 25.1. The molecule has 0 unspecified atom stereocenters. The molecule has 0 aromatic carbocycles. The summed E-state index contributed by atoms with van der Waals surface area (Å²) < 4.78 is 1.60. The summed E-state index contributed by atoms with van der Waals surface area (Å²) in [4.78, 5) is 33.9. The maximum atomic E-state index is 13.2. The van der Waals surface area contributed by atoms with Crippen LogP contribution in [0.5, 0.6) is 0 Å². The van der Waals surface area contributed by atoms with Gasteiger partial charge in [-0.05, 0) is 58.4 Å². The molecule has 1 aliphatic carbocycles. The van der Waals surface area contributed by atoms with Crippen LogP contribution in [0.25, 0.3) is 16.9 Å². The number of hydrogen-bond acceptors (Lipinski definition) is 7. The number of rotatable bonds is 8. The number of halogens is 1. The van der Waals surface area contributed by atoms with Crippen LogP contribution in [0.1, 0.15) is 63.2 Å². The number of carbonyl (C=O) groups excluding carboxylic acids is 2. The summed E-state index contributed by atoms with van der Waals surface area (Å²) in [6.07, 6.45) is 9.30. The van der Waals surface area contributed by atoms with Crippen LogP contribution in [0.2, 0.25) is 5.02 Å². The number of hydrogen-bond donors (Lipinski definition) is 3. The Morgan fingerprint density at radius 3 is 2.57 bits per heavy atom. The van der Waals surface area contributed by atoms with Gasteiger partial charge in [-0.2, -0.15) is 5.10 Å². The number of ketones is 1. The lowest BCUT2D eigenvalue weighted by Crippen LogP contribution is -2.38. The number of anilines is 1. The molecule has 3 heterocycles. The zero-order valence-electron chi connectivity index (χ0n) is 20.2. The highest BCUT2D eigenvalue weighted by Crippen LogP contribution is 2.29. The molecule has 186 valence electrons. The predicted octanol–water partition coefficient (Wildman–Crippen LogP) is 3.89. The first-order valence-corrected chi connectivity index (χ1v) is 12.4. The van der Waals surface area contributed by atoms with Gasteiger partial charge in [0.1, 0.15) is 6.10 Å². The van der Waals surface area contributed by atoms with Crippen LogP contribution in [-0.2, 0) is 4.79 Å². The third-order valence-electron chi connectivity index (χ3n) is 6.33. The van der Waals surface area contributed by atoms with E-state index in [-0.39, 0.29) is 29.7 Å². The van der Waals surface area contributed by atoms with Gasteiger partial charge in [-0.15, -0.1) is 0 Å². The number of aliphatic hydroxyl groups is 1. The number of aromatic nitrogens is 4. The molecule has 1 fully saturated rings. The van der Waals surface area contributed by atoms with E-state index in [4.69, 9.17) is 11.6 Å². The molecule has 1 saturated carbocycles. The molecule has 4 rings (SSSR count). The smallest absolute Gasteiger partial charge is 0.255 e. The number of nitrogens with one attached hydrogen (secondary N) is 2. The van der Waals surface area contributed by atoms with E-state index in [0.29, 0.717) is 34.0 Å². The molecule has 3 N–H and O–H groups in total. The Morgan fingerprint density at radius 2 is 1.89 bits per heavy atom. The fourth-order valence-corrected chi connectivity index (χ4v) is 4.62. The van der Waals surface area contributed by atoms with Gasteiger partial charge in [-0.25, -0.2) is 9.50 Å². The van der Waals surface area contributed by atoms with Crippen LogP contribution in [0.15, 0.2) is 30.9 Å². The van der Waals surface area contributed by atoms with Crippen LogP contribution < -0.4 is 10.6 Å². The van der Waals surface area contributed by atoms with Crippen molar-refractivity contribution >= 4 is 34.6 Å². The van der Waals surface area contributed by atoms with E-state index in [0.717, 1.165) is 31.2 Å². The van der Waals surface area contributed by atoms with Gasteiger partial charge in [0, 0.05) is 30.9 Å². The summed E-state index contributed by atoms with van der Waals surface area (Å²) in [5.74, 6) is -0.0308. The van der Waals surface area contributed by atoms with Crippen molar-refractivity contribution in [2.24, 2.45) is 5.92 Å². The number of pyridine rings is 1. The van der Waals surface area contributed by atoms with Crippen molar-refractivity contribution in [1.29, 1.82) is 0 Å². The Bertz CT molecular complexity index is 1220. The topological polar surface area (TPSA) is 122 Å². The van der Waals surface area contributed by atoms with Crippen molar-refractivity contribution in [3.63, 3.8) is 0 Å². The summed E-state index contributed by atoms with van der Waals surface area (Å²) in [7, 11) is 0. The van der Waals surface area contributed by atoms with Crippen molar-refractivity contribution < 1.29 is 14.7 Å². The second-order valence-electron chi connectivity index (χ2n) is 9.55. The predicted molar refractivity (Wildman–Crippen MR) is 135 cm³/mol. The number of nitrogens with zero attached hydrogens (tertiary/aromatic N) is 4. The Labute approximate surface area is 209 Å². The minimum atomic E-state index is -0.913. The average Bonchev–Trinajstić information content (AvgIpc) is 3.22. The van der Waals surface area contributed by atoms with Crippen LogP contribution in [0, 0.1) is 5.92 Å². The fraction of sp³-hybridized carbons (Fsp3) is 0.480. The highest BCUT2D eigenvalue weighted by Gasteiger charge is 2.26. The quantitative estimate of drug-likeness (QED) is 0.430. The molecule has 9 nitrogen and oxygen atoms in total. The third-order valence-corrected chi connectivity index (χ3v) is 6.53. The molecule has 0 saturated heterocycles. The van der Waals surface area contributed by atoms with Crippen LogP contribution in [0.4, 0.5) is 5.69 Å². The second-order valence-corrected chi connectivity index (χ2v) is 9.99. The first-order chi connectivity index (χ1) is 16.7. The molecule has 0 bridgehead atoms. The van der Waals surface area contributed by atoms with Gasteiger partial charge in [0.2, 0.25) is 0 Å². The summed E-state index contributed by atoms with van der Waals surface area (Å²) in [5, 5.41) is 20.7. The van der Waals surface area contributed by atoms with E-state index >= 15 is 0 Å². The van der Waals surface area contributed by atoms with E-state index in [9.17, 15) is 14.7 Å². The number of carbonyl (C=O) groups is 2. The Hall–Kier alpha value is -3.04. The lowest BCUT2D eigenvalue weighted by Gasteiger charge is -2.29. The standard InChI is InChI=1S/C25H31ClN6O3/c1-14(2)30-22-9-21(19-12-29-32-13-17(26)10-28-24(19)32)27-11-20(22)25(35)31-18-6-4-16(5-7-18)8-23(34)15(3)33/h9-16,18,33H,4-8H2,1-3H3,(H,27,30)(H,31,35)/t15-,16?,18?/m0/s1. The number of Topliss-reactive ketones (excluding diaryl/α,β-unsaturated/α-hetero) is 1. The maximum Gasteiger partial charge on any atom is 0.255 e. The summed E-state index contributed by atoms with van der Waals surface area (Å²) in [6.45, 7) is 5.53. The monoisotopic (exact) mass is 498 g/mol. The van der Waals surface area contributed by atoms with Gasteiger partial charge in [0.05, 0.1) is 39.9 Å². The second kappa shape index (κ2) is 10.7. The number of aliphatic hydroxyl groups excluding tert-OH is 1. The van der Waals surface area contributed by atoms with E-state index in [1.165, 1.54) is 6.92 Å². The lowest BCUT2D eigenvalue weighted by atomic mass is 9.82. The van der Waals surface area contributed by atoms with Crippen molar-refractivity contribution in [3.8, 4) is 11.3 Å². The molecule has 3 aromatic rings. The highest BCUT2D eigenvalue weighted by atomic mass is 35.5. The largest absolute Gasteiger partial charge is 0.386 e. The van der Waals surface area contributed by atoms with E-state index in [2.05, 4.69) is 25.7 Å². The van der Waals surface area contributed by atoms with Crippen molar-refractivity contribution in [1.82, 2.24) is 24.9 Å². The van der Waals surface area contributed by atoms with Crippen LogP contribution >= 0.6 is 11.6 Å². The van der Waals surface area contributed by atoms with Crippen molar-refractivity contribution in [2.45, 2.75) is 71.1 Å². The molecule has 3 aromatic heterocycles. The van der Waals surface area contributed by atoms with Crippen molar-refractivity contribution in [2.75, 3.05) is 5.32 Å². The molecular formula is C25H31ClN6O3. The van der Waals surface area contributed by atoms with E-state index in [1.54, 1.807) is 29.3 Å². The Kier molecular flexibility index (Phi) is 7.66. The summed E-state index contributed by atoms with van der Waals surface area (Å²) in [5.41, 5.74) is 3.18. The molecule has 0 spiro atoms. The SMILES string of the molecule is CC(C)Nc1cc(-c2cnn3cc(Cl)cnc23)ncc1C(=O)NC1CCC(CC(=O)[C@H](C)O)CC1. The minimum Gasteiger partial charge on any atom is -0.386 e. The molecule has 35 heavy (non-hydrogen) atoms. The van der Waals surface area contributed by atoms with E-state index < -0.39 is 6.10 Å². The fourth-order valence-electron chi connectivity index (χ4n) is 4.48. The normalized spacial score (nSPS) is 19.0. The summed E-state index contributed by atoms with van der Waals surface area (Å²) in [6, 6.07) is 2.00. The van der Waals surface area contributed by atoms with Gasteiger partial charge in [0.25, 0.3) is 5.91 Å². The Balaban J connectivity index is 1.49. The molecule has 0 radical (unpaired) electrons. The molecule has 10 heteroatoms. The summed E-state index contributed by atoms with van der Waals surface area (Å²) >= 11 is 6.02. The van der Waals surface area contributed by atoms with Gasteiger partial charge < -0.3 is 15.7 Å². The van der Waals surface area contributed by atoms with Crippen molar-refractivity contribution in [3.05, 3.63) is 41.4 Å². The molecule has 1 amide bonds. The first-order valence-electron chi connectivity index (χ1n) is 12.0. The lowest BCUT2D eigenvalue weighted by molar-refractivity contribution is -0.127. The van der Waals surface area contributed by atoms with Crippen LogP contribution in [0.3, 0.4) is 0 Å². The average molecular weight is 499 g/mol. The molecule has 0 aliphatic heterocycles.